The number of carbonyl (C=O) groups is 1. The van der Waals surface area contributed by atoms with Crippen LogP contribution in [0.2, 0.25) is 0 Å². The Labute approximate surface area is 79.8 Å². The quantitative estimate of drug-likeness (QED) is 0.507. The van der Waals surface area contributed by atoms with Crippen LogP contribution in [0.5, 0.6) is 0 Å². The van der Waals surface area contributed by atoms with Crippen LogP contribution in [0.3, 0.4) is 0 Å². The average Bonchev–Trinajstić information content (AvgIpc) is 2.50. The number of rotatable bonds is 3. The molecule has 0 fully saturated rings. The minimum Gasteiger partial charge on any atom is -0.481 e. The Kier molecular flexibility index (Phi) is 3.58. The molecule has 70 valence electrons. The van der Waals surface area contributed by atoms with E-state index < -0.39 is 5.97 Å². The molecule has 1 rings (SSSR count). The highest BCUT2D eigenvalue weighted by Gasteiger charge is 2.19. The zero-order chi connectivity index (χ0) is 9.68. The van der Waals surface area contributed by atoms with Gasteiger partial charge in [-0.3, -0.25) is 15.1 Å². The van der Waals surface area contributed by atoms with E-state index in [9.17, 15) is 4.79 Å². The average molecular weight is 199 g/mol. The van der Waals surface area contributed by atoms with Gasteiger partial charge in [0, 0.05) is 11.7 Å². The zero-order valence-corrected chi connectivity index (χ0v) is 7.67. The van der Waals surface area contributed by atoms with Gasteiger partial charge < -0.3 is 5.11 Å². The van der Waals surface area contributed by atoms with Crippen LogP contribution in [0.25, 0.3) is 0 Å². The van der Waals surface area contributed by atoms with Gasteiger partial charge in [-0.05, 0) is 6.42 Å². The minimum atomic E-state index is -0.790. The summed E-state index contributed by atoms with van der Waals surface area (Å²) in [6.45, 7) is 0.599. The first-order valence-electron chi connectivity index (χ1n) is 3.80. The molecule has 0 saturated carbocycles. The monoisotopic (exact) mass is 199 g/mol. The Balaban J connectivity index is 2.22. The number of amidine groups is 1. The lowest BCUT2D eigenvalue weighted by Crippen LogP contribution is -2.12. The topological polar surface area (TPSA) is 85.5 Å². The van der Waals surface area contributed by atoms with Gasteiger partial charge in [0.25, 0.3) is 0 Å². The minimum absolute atomic E-state index is 0.160. The molecule has 0 saturated heterocycles. The second-order valence-electron chi connectivity index (χ2n) is 2.55. The highest BCUT2D eigenvalue weighted by molar-refractivity contribution is 8.14. The molecule has 0 amide bonds. The Bertz CT molecular complexity index is 271. The molecule has 1 unspecified atom stereocenters. The molecular weight excluding hydrogens is 190 g/mol. The lowest BCUT2D eigenvalue weighted by molar-refractivity contribution is -0.137. The number of aliphatic imine (C=N–C) groups is 1. The Morgan fingerprint density at radius 1 is 1.92 bits per heavy atom. The predicted octanol–water partition coefficient (Wildman–Crippen LogP) is 0.393. The highest BCUT2D eigenvalue weighted by atomic mass is 32.2. The molecule has 6 heteroatoms. The number of nitriles is 1. The maximum absolute atomic E-state index is 10.2. The van der Waals surface area contributed by atoms with E-state index in [1.165, 1.54) is 11.8 Å². The van der Waals surface area contributed by atoms with Crippen molar-refractivity contribution >= 4 is 22.9 Å². The van der Waals surface area contributed by atoms with Gasteiger partial charge in [0.15, 0.2) is 11.4 Å². The number of hydrogen-bond donors (Lipinski definition) is 2. The van der Waals surface area contributed by atoms with E-state index in [2.05, 4.69) is 10.3 Å². The molecule has 0 spiro atoms. The Hall–Kier alpha value is -1.22. The van der Waals surface area contributed by atoms with E-state index in [4.69, 9.17) is 10.4 Å². The van der Waals surface area contributed by atoms with Gasteiger partial charge in [-0.25, -0.2) is 0 Å². The van der Waals surface area contributed by atoms with Gasteiger partial charge in [-0.15, -0.1) is 0 Å². The third-order valence-corrected chi connectivity index (χ3v) is 2.73. The number of hydrogen-bond acceptors (Lipinski definition) is 5. The van der Waals surface area contributed by atoms with Crippen molar-refractivity contribution in [3.63, 3.8) is 0 Å². The van der Waals surface area contributed by atoms with Crippen LogP contribution in [0.15, 0.2) is 4.99 Å². The summed E-state index contributed by atoms with van der Waals surface area (Å²) in [5.74, 6) is -0.790. The summed E-state index contributed by atoms with van der Waals surface area (Å²) in [6, 6.07) is 0. The highest BCUT2D eigenvalue weighted by Crippen LogP contribution is 2.23. The van der Waals surface area contributed by atoms with Crippen LogP contribution >= 0.6 is 11.8 Å². The third kappa shape index (κ3) is 3.34. The number of nitrogens with one attached hydrogen (secondary N) is 1. The van der Waals surface area contributed by atoms with Crippen LogP contribution < -0.4 is 5.32 Å². The van der Waals surface area contributed by atoms with Gasteiger partial charge in [-0.1, -0.05) is 11.8 Å². The van der Waals surface area contributed by atoms with Gasteiger partial charge in [0.1, 0.15) is 0 Å². The molecule has 0 radical (unpaired) electrons. The first-order chi connectivity index (χ1) is 6.22. The van der Waals surface area contributed by atoms with Crippen molar-refractivity contribution in [3.8, 4) is 6.19 Å². The molecule has 2 N–H and O–H groups in total. The van der Waals surface area contributed by atoms with Crippen molar-refractivity contribution in [1.29, 1.82) is 5.26 Å². The standard InChI is InChI=1S/C7H9N3O2S/c8-4-10-7-9-3-5(13-7)1-2-6(11)12/h5H,1-3H2,(H,9,10)(H,11,12). The molecule has 0 aromatic heterocycles. The summed E-state index contributed by atoms with van der Waals surface area (Å²) in [5, 5.41) is 19.9. The van der Waals surface area contributed by atoms with Crippen molar-refractivity contribution in [3.05, 3.63) is 0 Å². The van der Waals surface area contributed by atoms with Gasteiger partial charge >= 0.3 is 5.97 Å². The van der Waals surface area contributed by atoms with Crippen molar-refractivity contribution in [2.75, 3.05) is 6.54 Å². The summed E-state index contributed by atoms with van der Waals surface area (Å²) >= 11 is 1.43. The molecule has 0 aromatic rings. The predicted molar refractivity (Wildman–Crippen MR) is 49.3 cm³/mol. The van der Waals surface area contributed by atoms with Gasteiger partial charge in [0.2, 0.25) is 0 Å². The molecule has 1 aliphatic rings. The van der Waals surface area contributed by atoms with Crippen LogP contribution in [0, 0.1) is 11.5 Å². The van der Waals surface area contributed by atoms with Gasteiger partial charge in [0.05, 0.1) is 6.54 Å². The van der Waals surface area contributed by atoms with E-state index in [-0.39, 0.29) is 11.7 Å². The van der Waals surface area contributed by atoms with Crippen molar-refractivity contribution in [2.45, 2.75) is 18.1 Å². The van der Waals surface area contributed by atoms with E-state index in [0.717, 1.165) is 0 Å². The van der Waals surface area contributed by atoms with Crippen LogP contribution in [0.4, 0.5) is 0 Å². The fourth-order valence-electron chi connectivity index (χ4n) is 0.969. The number of carboxylic acid groups (broad SMARTS) is 1. The van der Waals surface area contributed by atoms with Crippen LogP contribution in [0.1, 0.15) is 12.8 Å². The second-order valence-corrected chi connectivity index (χ2v) is 3.84. The number of aliphatic carboxylic acids is 1. The van der Waals surface area contributed by atoms with Crippen LogP contribution in [-0.2, 0) is 4.79 Å². The van der Waals surface area contributed by atoms with Crippen LogP contribution in [-0.4, -0.2) is 28.0 Å². The number of carboxylic acids is 1. The molecule has 13 heavy (non-hydrogen) atoms. The summed E-state index contributed by atoms with van der Waals surface area (Å²) in [5.41, 5.74) is 0. The molecule has 1 heterocycles. The molecule has 1 atom stereocenters. The van der Waals surface area contributed by atoms with E-state index in [0.29, 0.717) is 18.1 Å². The van der Waals surface area contributed by atoms with Crippen molar-refractivity contribution < 1.29 is 9.90 Å². The SMILES string of the molecule is N#CNC1=NCC(CCC(=O)O)S1. The Morgan fingerprint density at radius 2 is 2.69 bits per heavy atom. The lowest BCUT2D eigenvalue weighted by Gasteiger charge is -2.03. The first-order valence-corrected chi connectivity index (χ1v) is 4.68. The summed E-state index contributed by atoms with van der Waals surface area (Å²) < 4.78 is 0. The zero-order valence-electron chi connectivity index (χ0n) is 6.86. The van der Waals surface area contributed by atoms with E-state index in [1.54, 1.807) is 6.19 Å². The van der Waals surface area contributed by atoms with E-state index >= 15 is 0 Å². The van der Waals surface area contributed by atoms with Crippen molar-refractivity contribution in [1.82, 2.24) is 5.32 Å². The normalized spacial score (nSPS) is 20.5. The third-order valence-electron chi connectivity index (χ3n) is 1.56. The molecule has 1 aliphatic heterocycles. The largest absolute Gasteiger partial charge is 0.481 e. The summed E-state index contributed by atoms with van der Waals surface area (Å²) in [4.78, 5) is 14.3. The summed E-state index contributed by atoms with van der Waals surface area (Å²) in [6.07, 6.45) is 2.53. The first kappa shape index (κ1) is 9.86. The van der Waals surface area contributed by atoms with Crippen molar-refractivity contribution in [2.24, 2.45) is 4.99 Å². The summed E-state index contributed by atoms with van der Waals surface area (Å²) in [7, 11) is 0. The maximum atomic E-state index is 10.2. The molecule has 0 bridgehead atoms. The molecule has 0 aliphatic carbocycles. The number of nitrogens with zero attached hydrogens (tertiary/aromatic N) is 2. The lowest BCUT2D eigenvalue weighted by atomic mass is 10.2. The number of thioether (sulfide) groups is 1. The maximum Gasteiger partial charge on any atom is 0.303 e. The molecule has 5 nitrogen and oxygen atoms in total. The fraction of sp³-hybridized carbons (Fsp3) is 0.571. The Morgan fingerprint density at radius 3 is 3.31 bits per heavy atom. The van der Waals surface area contributed by atoms with Gasteiger partial charge in [-0.2, -0.15) is 5.26 Å². The van der Waals surface area contributed by atoms with E-state index in [1.807, 2.05) is 0 Å². The fourth-order valence-corrected chi connectivity index (χ4v) is 1.92. The smallest absolute Gasteiger partial charge is 0.303 e. The molecule has 0 aromatic carbocycles. The second kappa shape index (κ2) is 4.72. The molecular formula is C7H9N3O2S.